The van der Waals surface area contributed by atoms with E-state index in [-0.39, 0.29) is 23.4 Å². The van der Waals surface area contributed by atoms with Gasteiger partial charge in [-0.05, 0) is 31.5 Å². The quantitative estimate of drug-likeness (QED) is 0.578. The molecule has 10 nitrogen and oxygen atoms in total. The molecule has 0 saturated carbocycles. The van der Waals surface area contributed by atoms with Crippen LogP contribution in [0.4, 0.5) is 27.8 Å². The standard InChI is InChI=1S/C18H21ClN6O4/c1-3-29-18(26)24-8-6-23(7-9-24)17-15(25(27)28)16(20-11-21-17)22-13-5-4-12(2)14(19)10-13/h4-5,10-11H,3,6-9H2,1-2H3,(H,20,21,22). The molecule has 11 heteroatoms. The van der Waals surface area contributed by atoms with Crippen LogP contribution in [-0.2, 0) is 4.74 Å². The molecule has 0 atom stereocenters. The number of aryl methyl sites for hydroxylation is 1. The van der Waals surface area contributed by atoms with Gasteiger partial charge in [0.15, 0.2) is 0 Å². The van der Waals surface area contributed by atoms with E-state index in [0.717, 1.165) is 5.56 Å². The third-order valence-corrected chi connectivity index (χ3v) is 4.93. The third kappa shape index (κ3) is 4.65. The van der Waals surface area contributed by atoms with Crippen LogP contribution in [0.1, 0.15) is 12.5 Å². The molecule has 2 heterocycles. The summed E-state index contributed by atoms with van der Waals surface area (Å²) in [7, 11) is 0. The van der Waals surface area contributed by atoms with E-state index in [4.69, 9.17) is 16.3 Å². The molecular formula is C18H21ClN6O4. The Balaban J connectivity index is 1.83. The summed E-state index contributed by atoms with van der Waals surface area (Å²) in [5.41, 5.74) is 1.25. The zero-order valence-electron chi connectivity index (χ0n) is 16.1. The summed E-state index contributed by atoms with van der Waals surface area (Å²) in [6.07, 6.45) is 0.890. The fraction of sp³-hybridized carbons (Fsp3) is 0.389. The van der Waals surface area contributed by atoms with Crippen molar-refractivity contribution >= 4 is 40.7 Å². The van der Waals surface area contributed by atoms with Gasteiger partial charge in [0.25, 0.3) is 0 Å². The zero-order chi connectivity index (χ0) is 21.0. The summed E-state index contributed by atoms with van der Waals surface area (Å²) in [4.78, 5) is 34.7. The first-order chi connectivity index (χ1) is 13.9. The molecule has 3 rings (SSSR count). The predicted octanol–water partition coefficient (Wildman–Crippen LogP) is 3.37. The fourth-order valence-electron chi connectivity index (χ4n) is 2.98. The van der Waals surface area contributed by atoms with Crippen LogP contribution in [0.25, 0.3) is 0 Å². The van der Waals surface area contributed by atoms with Gasteiger partial charge in [0.2, 0.25) is 11.6 Å². The molecule has 2 aromatic rings. The van der Waals surface area contributed by atoms with E-state index in [2.05, 4.69) is 15.3 Å². The number of ether oxygens (including phenoxy) is 1. The highest BCUT2D eigenvalue weighted by molar-refractivity contribution is 6.31. The van der Waals surface area contributed by atoms with Crippen molar-refractivity contribution < 1.29 is 14.5 Å². The van der Waals surface area contributed by atoms with Gasteiger partial charge in [-0.25, -0.2) is 14.8 Å². The number of aromatic nitrogens is 2. The minimum atomic E-state index is -0.509. The number of halogens is 1. The molecule has 0 aliphatic carbocycles. The highest BCUT2D eigenvalue weighted by Crippen LogP contribution is 2.34. The number of hydrogen-bond donors (Lipinski definition) is 1. The summed E-state index contributed by atoms with van der Waals surface area (Å²) in [6.45, 7) is 5.47. The molecule has 1 aromatic heterocycles. The van der Waals surface area contributed by atoms with Crippen LogP contribution in [-0.4, -0.2) is 58.7 Å². The van der Waals surface area contributed by atoms with Crippen LogP contribution in [0.15, 0.2) is 24.5 Å². The maximum absolute atomic E-state index is 11.9. The van der Waals surface area contributed by atoms with Gasteiger partial charge in [-0.1, -0.05) is 17.7 Å². The first-order valence-electron chi connectivity index (χ1n) is 9.10. The Hall–Kier alpha value is -3.14. The van der Waals surface area contributed by atoms with Crippen molar-refractivity contribution in [3.8, 4) is 0 Å². The van der Waals surface area contributed by atoms with Crippen LogP contribution >= 0.6 is 11.6 Å². The van der Waals surface area contributed by atoms with Crippen LogP contribution in [0.5, 0.6) is 0 Å². The Labute approximate surface area is 172 Å². The van der Waals surface area contributed by atoms with E-state index in [1.54, 1.807) is 28.9 Å². The van der Waals surface area contributed by atoms with Gasteiger partial charge in [-0.3, -0.25) is 10.1 Å². The molecule has 1 saturated heterocycles. The monoisotopic (exact) mass is 420 g/mol. The molecule has 1 N–H and O–H groups in total. The number of amides is 1. The van der Waals surface area contributed by atoms with E-state index in [1.807, 2.05) is 13.0 Å². The molecule has 1 aliphatic heterocycles. The van der Waals surface area contributed by atoms with Crippen molar-refractivity contribution in [2.24, 2.45) is 0 Å². The number of nitrogens with one attached hydrogen (secondary N) is 1. The van der Waals surface area contributed by atoms with E-state index < -0.39 is 4.92 Å². The predicted molar refractivity (Wildman–Crippen MR) is 109 cm³/mol. The normalized spacial score (nSPS) is 13.9. The van der Waals surface area contributed by atoms with E-state index in [9.17, 15) is 14.9 Å². The zero-order valence-corrected chi connectivity index (χ0v) is 16.8. The second-order valence-electron chi connectivity index (χ2n) is 6.41. The number of nitro groups is 1. The van der Waals surface area contributed by atoms with E-state index in [0.29, 0.717) is 43.5 Å². The Morgan fingerprint density at radius 3 is 2.66 bits per heavy atom. The highest BCUT2D eigenvalue weighted by atomic mass is 35.5. The van der Waals surface area contributed by atoms with Crippen LogP contribution in [0.2, 0.25) is 5.02 Å². The Morgan fingerprint density at radius 1 is 1.31 bits per heavy atom. The molecule has 0 radical (unpaired) electrons. The number of carbonyl (C=O) groups is 1. The number of benzene rings is 1. The third-order valence-electron chi connectivity index (χ3n) is 4.53. The van der Waals surface area contributed by atoms with Crippen LogP contribution in [0.3, 0.4) is 0 Å². The van der Waals surface area contributed by atoms with Crippen molar-refractivity contribution in [1.29, 1.82) is 0 Å². The number of anilines is 3. The number of carbonyl (C=O) groups excluding carboxylic acids is 1. The average molecular weight is 421 g/mol. The smallest absolute Gasteiger partial charge is 0.409 e. The van der Waals surface area contributed by atoms with Crippen molar-refractivity contribution in [3.05, 3.63) is 45.2 Å². The molecule has 1 aromatic carbocycles. The lowest BCUT2D eigenvalue weighted by Crippen LogP contribution is -2.49. The molecule has 0 unspecified atom stereocenters. The van der Waals surface area contributed by atoms with Crippen LogP contribution < -0.4 is 10.2 Å². The number of nitrogens with zero attached hydrogens (tertiary/aromatic N) is 5. The van der Waals surface area contributed by atoms with Crippen molar-refractivity contribution in [2.45, 2.75) is 13.8 Å². The molecule has 0 spiro atoms. The van der Waals surface area contributed by atoms with Crippen LogP contribution in [0, 0.1) is 17.0 Å². The lowest BCUT2D eigenvalue weighted by atomic mass is 10.2. The van der Waals surface area contributed by atoms with Crippen molar-refractivity contribution in [3.63, 3.8) is 0 Å². The topological polar surface area (TPSA) is 114 Å². The Kier molecular flexibility index (Phi) is 6.32. The summed E-state index contributed by atoms with van der Waals surface area (Å²) in [6, 6.07) is 5.26. The first kappa shape index (κ1) is 20.6. The minimum absolute atomic E-state index is 0.0766. The van der Waals surface area contributed by atoms with Gasteiger partial charge in [0.05, 0.1) is 11.5 Å². The summed E-state index contributed by atoms with van der Waals surface area (Å²) in [5.74, 6) is 0.280. The first-order valence-corrected chi connectivity index (χ1v) is 9.47. The fourth-order valence-corrected chi connectivity index (χ4v) is 3.16. The van der Waals surface area contributed by atoms with E-state index in [1.165, 1.54) is 6.33 Å². The molecule has 0 bridgehead atoms. The summed E-state index contributed by atoms with van der Waals surface area (Å²) in [5, 5.41) is 15.3. The number of rotatable bonds is 5. The second kappa shape index (κ2) is 8.91. The molecule has 154 valence electrons. The lowest BCUT2D eigenvalue weighted by molar-refractivity contribution is -0.383. The molecule has 1 amide bonds. The molecule has 1 fully saturated rings. The molecular weight excluding hydrogens is 400 g/mol. The van der Waals surface area contributed by atoms with E-state index >= 15 is 0 Å². The second-order valence-corrected chi connectivity index (χ2v) is 6.82. The summed E-state index contributed by atoms with van der Waals surface area (Å²) >= 11 is 6.14. The van der Waals surface area contributed by atoms with Gasteiger partial charge in [-0.15, -0.1) is 0 Å². The minimum Gasteiger partial charge on any atom is -0.450 e. The highest BCUT2D eigenvalue weighted by Gasteiger charge is 2.30. The summed E-state index contributed by atoms with van der Waals surface area (Å²) < 4.78 is 5.00. The van der Waals surface area contributed by atoms with Gasteiger partial charge < -0.3 is 19.9 Å². The van der Waals surface area contributed by atoms with Crippen molar-refractivity contribution in [2.75, 3.05) is 43.0 Å². The van der Waals surface area contributed by atoms with Gasteiger partial charge in [0.1, 0.15) is 6.33 Å². The molecule has 29 heavy (non-hydrogen) atoms. The van der Waals surface area contributed by atoms with Crippen molar-refractivity contribution in [1.82, 2.24) is 14.9 Å². The SMILES string of the molecule is CCOC(=O)N1CCN(c2ncnc(Nc3ccc(C)c(Cl)c3)c2[N+](=O)[O-])CC1. The maximum Gasteiger partial charge on any atom is 0.409 e. The number of piperazine rings is 1. The largest absolute Gasteiger partial charge is 0.450 e. The van der Waals surface area contributed by atoms with Gasteiger partial charge in [0, 0.05) is 36.9 Å². The average Bonchev–Trinajstić information content (AvgIpc) is 2.71. The van der Waals surface area contributed by atoms with Gasteiger partial charge in [-0.2, -0.15) is 0 Å². The Bertz CT molecular complexity index is 917. The number of hydrogen-bond acceptors (Lipinski definition) is 8. The molecule has 1 aliphatic rings. The van der Waals surface area contributed by atoms with Gasteiger partial charge >= 0.3 is 11.8 Å². The maximum atomic E-state index is 11.9. The Morgan fingerprint density at radius 2 is 2.03 bits per heavy atom. The lowest BCUT2D eigenvalue weighted by Gasteiger charge is -2.34.